The average Bonchev–Trinajstić information content (AvgIpc) is 2.83. The number of rotatable bonds is 1. The highest BCUT2D eigenvalue weighted by Gasteiger charge is 2.52. The van der Waals surface area contributed by atoms with Gasteiger partial charge in [0.25, 0.3) is 7.37 Å². The summed E-state index contributed by atoms with van der Waals surface area (Å²) in [5.74, 6) is 0.625. The molecule has 1 unspecified atom stereocenters. The Hall–Kier alpha value is -2.71. The molecule has 1 aliphatic heterocycles. The summed E-state index contributed by atoms with van der Waals surface area (Å²) >= 11 is 0. The minimum Gasteiger partial charge on any atom is -0.508 e. The van der Waals surface area contributed by atoms with Gasteiger partial charge in [0, 0.05) is 16.7 Å². The Morgan fingerprint density at radius 2 is 1.41 bits per heavy atom. The first-order valence-electron chi connectivity index (χ1n) is 9.98. The molecule has 0 saturated carbocycles. The zero-order valence-electron chi connectivity index (χ0n) is 16.3. The van der Waals surface area contributed by atoms with Crippen molar-refractivity contribution in [1.29, 1.82) is 0 Å². The van der Waals surface area contributed by atoms with Crippen LogP contribution in [-0.2, 0) is 4.57 Å². The average molecular weight is 406 g/mol. The molecule has 0 bridgehead atoms. The van der Waals surface area contributed by atoms with Crippen molar-refractivity contribution in [2.75, 3.05) is 0 Å². The summed E-state index contributed by atoms with van der Waals surface area (Å²) in [7, 11) is -3.56. The van der Waals surface area contributed by atoms with Gasteiger partial charge in [-0.25, -0.2) is 0 Å². The quantitative estimate of drug-likeness (QED) is 0.508. The summed E-state index contributed by atoms with van der Waals surface area (Å²) < 4.78 is 20.8. The molecule has 0 amide bonds. The summed E-state index contributed by atoms with van der Waals surface area (Å²) in [6.07, 6.45) is 14.3. The lowest BCUT2D eigenvalue weighted by Crippen LogP contribution is -2.27. The third kappa shape index (κ3) is 2.63. The van der Waals surface area contributed by atoms with Crippen LogP contribution >= 0.6 is 7.37 Å². The topological polar surface area (TPSA) is 66.8 Å². The van der Waals surface area contributed by atoms with E-state index >= 15 is 0 Å². The molecular formula is C24H23O4P. The van der Waals surface area contributed by atoms with Crippen LogP contribution in [0.2, 0.25) is 0 Å². The number of hydrogen-bond donors (Lipinski definition) is 2. The molecule has 1 aromatic carbocycles. The Kier molecular flexibility index (Phi) is 4.04. The van der Waals surface area contributed by atoms with Crippen molar-refractivity contribution in [3.8, 4) is 5.75 Å². The van der Waals surface area contributed by atoms with E-state index in [4.69, 9.17) is 4.52 Å². The molecule has 1 aromatic rings. The van der Waals surface area contributed by atoms with Gasteiger partial charge < -0.3 is 14.7 Å². The molecule has 3 aliphatic carbocycles. The van der Waals surface area contributed by atoms with Crippen LogP contribution in [0.3, 0.4) is 0 Å². The molecule has 4 nitrogen and oxygen atoms in total. The number of aliphatic hydroxyl groups excluding tert-OH is 2. The Labute approximate surface area is 170 Å². The maximum absolute atomic E-state index is 14.6. The van der Waals surface area contributed by atoms with Crippen molar-refractivity contribution in [2.24, 2.45) is 0 Å². The van der Waals surface area contributed by atoms with Gasteiger partial charge in [0.15, 0.2) is 0 Å². The normalized spacial score (nSPS) is 27.2. The van der Waals surface area contributed by atoms with E-state index in [2.05, 4.69) is 6.08 Å². The van der Waals surface area contributed by atoms with Crippen LogP contribution in [0.5, 0.6) is 5.75 Å². The van der Waals surface area contributed by atoms with E-state index in [1.807, 2.05) is 42.5 Å². The van der Waals surface area contributed by atoms with Gasteiger partial charge in [-0.2, -0.15) is 0 Å². The molecule has 0 aromatic heterocycles. The van der Waals surface area contributed by atoms with E-state index in [1.54, 1.807) is 19.1 Å². The van der Waals surface area contributed by atoms with Gasteiger partial charge in [-0.1, -0.05) is 42.5 Å². The van der Waals surface area contributed by atoms with Crippen LogP contribution in [0.15, 0.2) is 88.7 Å². The molecule has 1 heterocycles. The van der Waals surface area contributed by atoms with E-state index < -0.39 is 12.5 Å². The van der Waals surface area contributed by atoms with Gasteiger partial charge in [0.05, 0.1) is 5.31 Å². The maximum atomic E-state index is 14.6. The fourth-order valence-corrected chi connectivity index (χ4v) is 7.32. The maximum Gasteiger partial charge on any atom is 0.290 e. The van der Waals surface area contributed by atoms with Crippen LogP contribution in [0, 0.1) is 0 Å². The standard InChI is InChI=1S/C24H23O4P/c1-24(14-20(25)16-8-2-3-9-17(16)21(26)15-24)29(27)23-13-7-5-11-19(23)18-10-4-6-12-22(18)28-29/h4,6,8-15,25-26H,2-3,5,7H2,1H3. The van der Waals surface area contributed by atoms with Crippen molar-refractivity contribution in [3.05, 3.63) is 94.3 Å². The minimum atomic E-state index is -3.56. The molecule has 5 heteroatoms. The van der Waals surface area contributed by atoms with Gasteiger partial charge in [-0.05, 0) is 56.4 Å². The highest BCUT2D eigenvalue weighted by atomic mass is 31.2. The Morgan fingerprint density at radius 1 is 0.862 bits per heavy atom. The van der Waals surface area contributed by atoms with Crippen molar-refractivity contribution in [1.82, 2.24) is 0 Å². The number of aliphatic hydroxyl groups is 2. The second-order valence-corrected chi connectivity index (χ2v) is 10.8. The molecule has 0 radical (unpaired) electrons. The van der Waals surface area contributed by atoms with E-state index in [0.29, 0.717) is 22.2 Å². The van der Waals surface area contributed by atoms with Gasteiger partial charge >= 0.3 is 0 Å². The van der Waals surface area contributed by atoms with Gasteiger partial charge in [0.2, 0.25) is 0 Å². The summed E-state index contributed by atoms with van der Waals surface area (Å²) in [6.45, 7) is 1.76. The third-order valence-corrected chi connectivity index (χ3v) is 9.09. The van der Waals surface area contributed by atoms with E-state index in [1.165, 1.54) is 0 Å². The van der Waals surface area contributed by atoms with Crippen molar-refractivity contribution < 1.29 is 19.3 Å². The number of allylic oxidation sites excluding steroid dienone is 10. The van der Waals surface area contributed by atoms with Crippen molar-refractivity contribution >= 4 is 12.9 Å². The lowest BCUT2D eigenvalue weighted by Gasteiger charge is -2.39. The van der Waals surface area contributed by atoms with Gasteiger partial charge in [-0.3, -0.25) is 4.57 Å². The second kappa shape index (κ2) is 6.40. The van der Waals surface area contributed by atoms with Crippen LogP contribution in [0.1, 0.15) is 38.2 Å². The lowest BCUT2D eigenvalue weighted by atomic mass is 9.96. The SMILES string of the molecule is CC1(P2(=O)Oc3ccccc3C3=CCCC=C32)C=C(O)C2=CCCC=C2C(O)=C1. The van der Waals surface area contributed by atoms with Crippen LogP contribution in [-0.4, -0.2) is 15.4 Å². The molecule has 1 atom stereocenters. The number of hydrogen-bond acceptors (Lipinski definition) is 4. The highest BCUT2D eigenvalue weighted by Crippen LogP contribution is 2.73. The Morgan fingerprint density at radius 3 is 2.07 bits per heavy atom. The largest absolute Gasteiger partial charge is 0.508 e. The van der Waals surface area contributed by atoms with Gasteiger partial charge in [0.1, 0.15) is 22.4 Å². The summed E-state index contributed by atoms with van der Waals surface area (Å²) in [4.78, 5) is 0. The lowest BCUT2D eigenvalue weighted by molar-refractivity contribution is 0.409. The number of benzene rings is 1. The first-order chi connectivity index (χ1) is 13.9. The first-order valence-corrected chi connectivity index (χ1v) is 11.6. The van der Waals surface area contributed by atoms with Crippen LogP contribution in [0.25, 0.3) is 5.57 Å². The molecule has 29 heavy (non-hydrogen) atoms. The molecule has 5 rings (SSSR count). The van der Waals surface area contributed by atoms with Crippen LogP contribution in [0.4, 0.5) is 0 Å². The molecule has 148 valence electrons. The highest BCUT2D eigenvalue weighted by molar-refractivity contribution is 7.66. The zero-order chi connectivity index (χ0) is 20.2. The number of fused-ring (bicyclic) bond motifs is 4. The fourth-order valence-electron chi connectivity index (χ4n) is 4.58. The second-order valence-electron chi connectivity index (χ2n) is 8.02. The fraction of sp³-hybridized carbons (Fsp3) is 0.250. The molecule has 0 spiro atoms. The summed E-state index contributed by atoms with van der Waals surface area (Å²) in [6, 6.07) is 7.61. The van der Waals surface area contributed by atoms with E-state index in [-0.39, 0.29) is 11.5 Å². The summed E-state index contributed by atoms with van der Waals surface area (Å²) in [5.41, 5.74) is 3.04. The first kappa shape index (κ1) is 18.3. The molecule has 0 fully saturated rings. The molecule has 0 saturated heterocycles. The predicted molar refractivity (Wildman–Crippen MR) is 115 cm³/mol. The van der Waals surface area contributed by atoms with Crippen LogP contribution < -0.4 is 4.52 Å². The van der Waals surface area contributed by atoms with E-state index in [0.717, 1.165) is 36.8 Å². The summed E-state index contributed by atoms with van der Waals surface area (Å²) in [5, 5.41) is 21.2. The molecular weight excluding hydrogens is 383 g/mol. The Balaban J connectivity index is 1.75. The van der Waals surface area contributed by atoms with Gasteiger partial charge in [-0.15, -0.1) is 0 Å². The molecule has 2 N–H and O–H groups in total. The predicted octanol–water partition coefficient (Wildman–Crippen LogP) is 6.72. The van der Waals surface area contributed by atoms with Crippen molar-refractivity contribution in [2.45, 2.75) is 37.8 Å². The Bertz CT molecular complexity index is 1110. The third-order valence-electron chi connectivity index (χ3n) is 6.05. The van der Waals surface area contributed by atoms with Crippen molar-refractivity contribution in [3.63, 3.8) is 0 Å². The molecule has 4 aliphatic rings. The minimum absolute atomic E-state index is 0.0263. The monoisotopic (exact) mass is 406 g/mol. The smallest absolute Gasteiger partial charge is 0.290 e. The van der Waals surface area contributed by atoms with E-state index in [9.17, 15) is 14.8 Å². The zero-order valence-corrected chi connectivity index (χ0v) is 17.2. The number of para-hydroxylation sites is 1.